The second-order valence-electron chi connectivity index (χ2n) is 6.14. The van der Waals surface area contributed by atoms with Crippen LogP contribution in [0.3, 0.4) is 0 Å². The van der Waals surface area contributed by atoms with Gasteiger partial charge in [0.1, 0.15) is 16.4 Å². The molecule has 2 N–H and O–H groups in total. The Morgan fingerprint density at radius 2 is 1.82 bits per heavy atom. The fourth-order valence-electron chi connectivity index (χ4n) is 2.82. The van der Waals surface area contributed by atoms with Gasteiger partial charge in [0, 0.05) is 16.1 Å². The van der Waals surface area contributed by atoms with Crippen molar-refractivity contribution < 1.29 is 13.9 Å². The topological polar surface area (TPSA) is 50.4 Å². The van der Waals surface area contributed by atoms with Gasteiger partial charge in [-0.3, -0.25) is 0 Å². The summed E-state index contributed by atoms with van der Waals surface area (Å²) in [6.45, 7) is 3.63. The lowest BCUT2D eigenvalue weighted by Gasteiger charge is -2.12. The lowest BCUT2D eigenvalue weighted by atomic mass is 10.0. The Bertz CT molecular complexity index is 1030. The fourth-order valence-corrected chi connectivity index (χ4v) is 4.17. The molecule has 28 heavy (non-hydrogen) atoms. The summed E-state index contributed by atoms with van der Waals surface area (Å²) in [6.07, 6.45) is 0. The highest BCUT2D eigenvalue weighted by atomic mass is 32.1. The van der Waals surface area contributed by atoms with E-state index in [2.05, 4.69) is 10.6 Å². The molecule has 7 heteroatoms. The lowest BCUT2D eigenvalue weighted by molar-refractivity contribution is 0.0603. The Hall–Kier alpha value is -2.77. The van der Waals surface area contributed by atoms with Crippen LogP contribution in [0, 0.1) is 19.7 Å². The fraction of sp³-hybridized carbons (Fsp3) is 0.143. The molecule has 0 fully saturated rings. The minimum absolute atomic E-state index is 0.259. The van der Waals surface area contributed by atoms with Crippen molar-refractivity contribution in [1.82, 2.24) is 0 Å². The van der Waals surface area contributed by atoms with Crippen molar-refractivity contribution in [3.63, 3.8) is 0 Å². The zero-order valence-corrected chi connectivity index (χ0v) is 17.3. The Morgan fingerprint density at radius 3 is 2.46 bits per heavy atom. The number of carbonyl (C=O) groups excluding carboxylic acids is 1. The SMILES string of the molecule is COC(=O)c1c(NC(=S)Nc2ccc(C)c(F)c2)sc(C)c1-c1ccccc1. The summed E-state index contributed by atoms with van der Waals surface area (Å²) in [7, 11) is 1.35. The number of hydrogen-bond acceptors (Lipinski definition) is 4. The molecule has 0 aliphatic rings. The van der Waals surface area contributed by atoms with Gasteiger partial charge in [0.05, 0.1) is 7.11 Å². The maximum Gasteiger partial charge on any atom is 0.341 e. The molecule has 0 radical (unpaired) electrons. The number of ether oxygens (including phenoxy) is 1. The van der Waals surface area contributed by atoms with Crippen LogP contribution in [0.25, 0.3) is 11.1 Å². The molecule has 0 unspecified atom stereocenters. The first kappa shape index (κ1) is 20.0. The Labute approximate surface area is 172 Å². The van der Waals surface area contributed by atoms with Crippen molar-refractivity contribution in [1.29, 1.82) is 0 Å². The highest BCUT2D eigenvalue weighted by molar-refractivity contribution is 7.80. The second-order valence-corrected chi connectivity index (χ2v) is 7.77. The number of nitrogens with one attached hydrogen (secondary N) is 2. The summed E-state index contributed by atoms with van der Waals surface area (Å²) in [6, 6.07) is 14.4. The maximum atomic E-state index is 13.8. The highest BCUT2D eigenvalue weighted by Gasteiger charge is 2.24. The normalized spacial score (nSPS) is 10.4. The van der Waals surface area contributed by atoms with Crippen LogP contribution in [0.1, 0.15) is 20.8 Å². The first-order chi connectivity index (χ1) is 13.4. The van der Waals surface area contributed by atoms with E-state index in [1.54, 1.807) is 19.1 Å². The van der Waals surface area contributed by atoms with Crippen molar-refractivity contribution >= 4 is 45.3 Å². The zero-order chi connectivity index (χ0) is 20.3. The summed E-state index contributed by atoms with van der Waals surface area (Å²) in [4.78, 5) is 13.5. The minimum atomic E-state index is -0.449. The molecule has 0 aliphatic carbocycles. The van der Waals surface area contributed by atoms with Crippen LogP contribution in [0.4, 0.5) is 15.1 Å². The smallest absolute Gasteiger partial charge is 0.341 e. The number of anilines is 2. The third-order valence-electron chi connectivity index (χ3n) is 4.19. The highest BCUT2D eigenvalue weighted by Crippen LogP contribution is 2.40. The lowest BCUT2D eigenvalue weighted by Crippen LogP contribution is -2.20. The van der Waals surface area contributed by atoms with Crippen molar-refractivity contribution in [2.45, 2.75) is 13.8 Å². The number of rotatable bonds is 4. The third-order valence-corrected chi connectivity index (χ3v) is 5.42. The predicted octanol–water partition coefficient (Wildman–Crippen LogP) is 5.77. The molecular formula is C21H19FN2O2S2. The van der Waals surface area contributed by atoms with E-state index < -0.39 is 5.97 Å². The largest absolute Gasteiger partial charge is 0.465 e. The van der Waals surface area contributed by atoms with Gasteiger partial charge >= 0.3 is 5.97 Å². The van der Waals surface area contributed by atoms with Crippen LogP contribution < -0.4 is 10.6 Å². The van der Waals surface area contributed by atoms with Crippen LogP contribution in [0.2, 0.25) is 0 Å². The molecule has 3 rings (SSSR count). The van der Waals surface area contributed by atoms with Gasteiger partial charge in [-0.05, 0) is 49.3 Å². The molecule has 0 atom stereocenters. The van der Waals surface area contributed by atoms with Gasteiger partial charge in [0.25, 0.3) is 0 Å². The van der Waals surface area contributed by atoms with E-state index in [1.165, 1.54) is 24.5 Å². The Kier molecular flexibility index (Phi) is 6.06. The molecule has 2 aromatic carbocycles. The number of esters is 1. The number of halogens is 1. The summed E-state index contributed by atoms with van der Waals surface area (Å²) < 4.78 is 18.7. The number of carbonyl (C=O) groups is 1. The number of methoxy groups -OCH3 is 1. The first-order valence-corrected chi connectivity index (χ1v) is 9.74. The number of thiocarbonyl (C=S) groups is 1. The van der Waals surface area contributed by atoms with E-state index in [-0.39, 0.29) is 10.9 Å². The van der Waals surface area contributed by atoms with Gasteiger partial charge in [-0.25, -0.2) is 9.18 Å². The molecule has 144 valence electrons. The summed E-state index contributed by atoms with van der Waals surface area (Å²) in [5.41, 5.74) is 3.24. The molecular weight excluding hydrogens is 395 g/mol. The van der Waals surface area contributed by atoms with Gasteiger partial charge in [-0.1, -0.05) is 36.4 Å². The number of aryl methyl sites for hydroxylation is 2. The van der Waals surface area contributed by atoms with Gasteiger partial charge in [-0.2, -0.15) is 0 Å². The summed E-state index contributed by atoms with van der Waals surface area (Å²) in [5, 5.41) is 6.84. The zero-order valence-electron chi connectivity index (χ0n) is 15.6. The molecule has 3 aromatic rings. The van der Waals surface area contributed by atoms with Crippen LogP contribution in [0.5, 0.6) is 0 Å². The molecule has 0 saturated carbocycles. The van der Waals surface area contributed by atoms with Crippen LogP contribution in [-0.2, 0) is 4.74 Å². The summed E-state index contributed by atoms with van der Waals surface area (Å²) >= 11 is 6.77. The van der Waals surface area contributed by atoms with E-state index in [0.717, 1.165) is 16.0 Å². The van der Waals surface area contributed by atoms with E-state index in [4.69, 9.17) is 17.0 Å². The van der Waals surface area contributed by atoms with Gasteiger partial charge in [0.15, 0.2) is 5.11 Å². The number of hydrogen-bond donors (Lipinski definition) is 2. The molecule has 4 nitrogen and oxygen atoms in total. The average Bonchev–Trinajstić information content (AvgIpc) is 3.00. The molecule has 0 aliphatic heterocycles. The second kappa shape index (κ2) is 8.50. The number of benzene rings is 2. The van der Waals surface area contributed by atoms with Crippen LogP contribution in [0.15, 0.2) is 48.5 Å². The first-order valence-electron chi connectivity index (χ1n) is 8.52. The standard InChI is InChI=1S/C21H19FN2O2S2/c1-12-9-10-15(11-16(12)22)23-21(27)24-19-18(20(25)26-3)17(13(2)28-19)14-7-5-4-6-8-14/h4-11H,1-3H3,(H2,23,24,27). The quantitative estimate of drug-likeness (QED) is 0.419. The molecule has 0 amide bonds. The van der Waals surface area contributed by atoms with Crippen molar-refractivity contribution in [2.24, 2.45) is 0 Å². The Morgan fingerprint density at radius 1 is 1.11 bits per heavy atom. The number of thiophene rings is 1. The van der Waals surface area contributed by atoms with E-state index >= 15 is 0 Å². The molecule has 1 heterocycles. The third kappa shape index (κ3) is 4.21. The molecule has 0 bridgehead atoms. The van der Waals surface area contributed by atoms with Gasteiger partial charge in [0.2, 0.25) is 0 Å². The Balaban J connectivity index is 1.92. The minimum Gasteiger partial charge on any atom is -0.465 e. The molecule has 0 saturated heterocycles. The van der Waals surface area contributed by atoms with Crippen molar-refractivity contribution in [2.75, 3.05) is 17.7 Å². The van der Waals surface area contributed by atoms with Crippen molar-refractivity contribution in [3.05, 3.63) is 70.4 Å². The van der Waals surface area contributed by atoms with E-state index in [9.17, 15) is 9.18 Å². The van der Waals surface area contributed by atoms with Crippen LogP contribution in [-0.4, -0.2) is 18.2 Å². The van der Waals surface area contributed by atoms with E-state index in [1.807, 2.05) is 37.3 Å². The molecule has 0 spiro atoms. The summed E-state index contributed by atoms with van der Waals surface area (Å²) in [5.74, 6) is -0.767. The maximum absolute atomic E-state index is 13.8. The van der Waals surface area contributed by atoms with Crippen molar-refractivity contribution in [3.8, 4) is 11.1 Å². The average molecular weight is 415 g/mol. The van der Waals surface area contributed by atoms with Gasteiger partial charge in [-0.15, -0.1) is 11.3 Å². The monoisotopic (exact) mass is 414 g/mol. The predicted molar refractivity (Wildman–Crippen MR) is 117 cm³/mol. The van der Waals surface area contributed by atoms with Gasteiger partial charge < -0.3 is 15.4 Å². The molecule has 1 aromatic heterocycles. The van der Waals surface area contributed by atoms with E-state index in [0.29, 0.717) is 21.8 Å². The van der Waals surface area contributed by atoms with Crippen LogP contribution >= 0.6 is 23.6 Å².